The van der Waals surface area contributed by atoms with Crippen LogP contribution in [0.15, 0.2) is 31.8 Å². The highest BCUT2D eigenvalue weighted by atomic mass is 32.2. The molecule has 2 fully saturated rings. The largest absolute Gasteiger partial charge is 0.344 e. The molecule has 3 heterocycles. The number of fused-ring (bicyclic) bond motifs is 1. The lowest BCUT2D eigenvalue weighted by Crippen LogP contribution is -2.48. The van der Waals surface area contributed by atoms with E-state index in [1.165, 1.54) is 17.1 Å². The van der Waals surface area contributed by atoms with E-state index in [0.29, 0.717) is 43.5 Å². The van der Waals surface area contributed by atoms with E-state index in [-0.39, 0.29) is 4.90 Å². The normalized spacial score (nSPS) is 20.2. The van der Waals surface area contributed by atoms with Crippen molar-refractivity contribution in [2.45, 2.75) is 23.7 Å². The first-order valence-electron chi connectivity index (χ1n) is 8.43. The number of nitrogens with zero attached hydrogens (tertiary/aromatic N) is 6. The average Bonchev–Trinajstić information content (AvgIpc) is 3.20. The van der Waals surface area contributed by atoms with Gasteiger partial charge in [0.1, 0.15) is 21.3 Å². The second-order valence-corrected chi connectivity index (χ2v) is 9.90. The Bertz CT molecular complexity index is 1030. The Morgan fingerprint density at radius 1 is 1.04 bits per heavy atom. The van der Waals surface area contributed by atoms with Crippen LogP contribution in [0.2, 0.25) is 0 Å². The second kappa shape index (κ2) is 6.19. The third kappa shape index (κ3) is 2.79. The van der Waals surface area contributed by atoms with Crippen LogP contribution in [0, 0.1) is 0 Å². The summed E-state index contributed by atoms with van der Waals surface area (Å²) in [7, 11) is -3.58. The van der Waals surface area contributed by atoms with Gasteiger partial charge in [-0.1, -0.05) is 17.4 Å². The Morgan fingerprint density at radius 3 is 2.62 bits per heavy atom. The van der Waals surface area contributed by atoms with Crippen LogP contribution in [0.25, 0.3) is 0 Å². The molecule has 1 saturated heterocycles. The van der Waals surface area contributed by atoms with Gasteiger partial charge in [-0.05, 0) is 25.0 Å². The molecule has 1 aromatic heterocycles. The summed E-state index contributed by atoms with van der Waals surface area (Å²) >= 11 is 2.67. The van der Waals surface area contributed by atoms with Crippen molar-refractivity contribution < 1.29 is 8.42 Å². The third-order valence-electron chi connectivity index (χ3n) is 4.73. The molecule has 5 rings (SSSR count). The molecule has 1 aliphatic carbocycles. The maximum Gasteiger partial charge on any atom is 0.245 e. The van der Waals surface area contributed by atoms with Crippen LogP contribution >= 0.6 is 11.3 Å². The van der Waals surface area contributed by atoms with E-state index in [1.807, 2.05) is 0 Å². The highest BCUT2D eigenvalue weighted by Gasteiger charge is 2.33. The van der Waals surface area contributed by atoms with Crippen LogP contribution in [0.1, 0.15) is 23.8 Å². The smallest absolute Gasteiger partial charge is 0.245 e. The number of anilines is 1. The van der Waals surface area contributed by atoms with Crippen molar-refractivity contribution in [1.29, 1.82) is 0 Å². The lowest BCUT2D eigenvalue weighted by Gasteiger charge is -2.33. The van der Waals surface area contributed by atoms with E-state index in [0.717, 1.165) is 21.5 Å². The SMILES string of the molecule is O=S(=O)(c1cccc2c1N=S=N2)N1CCN(c2nnc(C3CC3)s2)CC1. The number of piperazine rings is 1. The summed E-state index contributed by atoms with van der Waals surface area (Å²) in [5, 5.41) is 10.6. The lowest BCUT2D eigenvalue weighted by molar-refractivity contribution is 0.384. The molecule has 0 spiro atoms. The lowest BCUT2D eigenvalue weighted by atomic mass is 10.3. The summed E-state index contributed by atoms with van der Waals surface area (Å²) in [4.78, 5) is 2.37. The zero-order valence-corrected chi connectivity index (χ0v) is 16.2. The molecule has 2 aromatic rings. The fraction of sp³-hybridized carbons (Fsp3) is 0.467. The molecule has 0 atom stereocenters. The minimum Gasteiger partial charge on any atom is -0.344 e. The first-order chi connectivity index (χ1) is 12.6. The quantitative estimate of drug-likeness (QED) is 0.662. The van der Waals surface area contributed by atoms with Crippen LogP contribution < -0.4 is 4.90 Å². The number of sulfonamides is 1. The summed E-state index contributed by atoms with van der Waals surface area (Å²) in [6.45, 7) is 2.08. The number of hydrogen-bond acceptors (Lipinski definition) is 8. The van der Waals surface area contributed by atoms with E-state index in [9.17, 15) is 8.42 Å². The Morgan fingerprint density at radius 2 is 1.85 bits per heavy atom. The first kappa shape index (κ1) is 16.5. The van der Waals surface area contributed by atoms with Crippen molar-refractivity contribution in [3.8, 4) is 0 Å². The average molecular weight is 409 g/mol. The number of aromatic nitrogens is 2. The fourth-order valence-electron chi connectivity index (χ4n) is 3.10. The van der Waals surface area contributed by atoms with Gasteiger partial charge < -0.3 is 4.90 Å². The monoisotopic (exact) mass is 408 g/mol. The van der Waals surface area contributed by atoms with Crippen LogP contribution in [-0.2, 0) is 21.4 Å². The molecule has 8 nitrogen and oxygen atoms in total. The molecule has 0 N–H and O–H groups in total. The summed E-state index contributed by atoms with van der Waals surface area (Å²) < 4.78 is 36.0. The Kier molecular flexibility index (Phi) is 3.92. The minimum atomic E-state index is -3.58. The van der Waals surface area contributed by atoms with Gasteiger partial charge in [0.05, 0.1) is 11.4 Å². The van der Waals surface area contributed by atoms with E-state index < -0.39 is 10.0 Å². The van der Waals surface area contributed by atoms with Gasteiger partial charge in [0.15, 0.2) is 0 Å². The number of rotatable bonds is 4. The Labute approximate surface area is 158 Å². The zero-order chi connectivity index (χ0) is 17.7. The molecular formula is C15H16N6O2S3. The zero-order valence-electron chi connectivity index (χ0n) is 13.8. The van der Waals surface area contributed by atoms with Crippen LogP contribution in [0.3, 0.4) is 0 Å². The maximum atomic E-state index is 13.1. The predicted molar refractivity (Wildman–Crippen MR) is 101 cm³/mol. The van der Waals surface area contributed by atoms with Gasteiger partial charge in [-0.3, -0.25) is 0 Å². The van der Waals surface area contributed by atoms with Gasteiger partial charge >= 0.3 is 0 Å². The topological polar surface area (TPSA) is 91.1 Å². The molecule has 1 saturated carbocycles. The van der Waals surface area contributed by atoms with Crippen LogP contribution in [0.4, 0.5) is 16.5 Å². The van der Waals surface area contributed by atoms with Gasteiger partial charge in [-0.25, -0.2) is 8.42 Å². The van der Waals surface area contributed by atoms with Crippen molar-refractivity contribution in [2.75, 3.05) is 31.1 Å². The molecule has 0 radical (unpaired) electrons. The van der Waals surface area contributed by atoms with Crippen molar-refractivity contribution in [3.05, 3.63) is 23.2 Å². The van der Waals surface area contributed by atoms with E-state index in [2.05, 4.69) is 23.8 Å². The molecule has 11 heteroatoms. The van der Waals surface area contributed by atoms with E-state index in [1.54, 1.807) is 29.5 Å². The predicted octanol–water partition coefficient (Wildman–Crippen LogP) is 2.65. The second-order valence-electron chi connectivity index (χ2n) is 6.48. The molecule has 2 aliphatic heterocycles. The first-order valence-corrected chi connectivity index (χ1v) is 11.4. The van der Waals surface area contributed by atoms with E-state index in [4.69, 9.17) is 0 Å². The van der Waals surface area contributed by atoms with Crippen LogP contribution in [-0.4, -0.2) is 49.1 Å². The molecular weight excluding hydrogens is 392 g/mol. The molecule has 0 unspecified atom stereocenters. The molecule has 26 heavy (non-hydrogen) atoms. The summed E-state index contributed by atoms with van der Waals surface area (Å²) in [5.74, 6) is 0.593. The van der Waals surface area contributed by atoms with Crippen molar-refractivity contribution >= 4 is 49.2 Å². The van der Waals surface area contributed by atoms with Gasteiger partial charge in [-0.2, -0.15) is 13.0 Å². The molecule has 0 amide bonds. The van der Waals surface area contributed by atoms with Crippen LogP contribution in [0.5, 0.6) is 0 Å². The molecule has 1 aromatic carbocycles. The van der Waals surface area contributed by atoms with Gasteiger partial charge in [0, 0.05) is 32.1 Å². The number of benzene rings is 1. The number of hydrogen-bond donors (Lipinski definition) is 0. The Hall–Kier alpha value is -1.69. The summed E-state index contributed by atoms with van der Waals surface area (Å²) in [5.41, 5.74) is 1.08. The molecule has 136 valence electrons. The molecule has 0 bridgehead atoms. The van der Waals surface area contributed by atoms with Crippen molar-refractivity contribution in [1.82, 2.24) is 14.5 Å². The Balaban J connectivity index is 1.33. The molecule has 3 aliphatic rings. The van der Waals surface area contributed by atoms with Gasteiger partial charge in [-0.15, -0.1) is 10.2 Å². The maximum absolute atomic E-state index is 13.1. The fourth-order valence-corrected chi connectivity index (χ4v) is 6.34. The van der Waals surface area contributed by atoms with Gasteiger partial charge in [0.2, 0.25) is 15.2 Å². The third-order valence-corrected chi connectivity index (χ3v) is 8.35. The highest BCUT2D eigenvalue weighted by molar-refractivity contribution is 7.89. The highest BCUT2D eigenvalue weighted by Crippen LogP contribution is 2.43. The van der Waals surface area contributed by atoms with Gasteiger partial charge in [0.25, 0.3) is 0 Å². The minimum absolute atomic E-state index is 0.240. The van der Waals surface area contributed by atoms with Crippen molar-refractivity contribution in [3.63, 3.8) is 0 Å². The van der Waals surface area contributed by atoms with E-state index >= 15 is 0 Å². The summed E-state index contributed by atoms with van der Waals surface area (Å²) in [6.07, 6.45) is 2.41. The summed E-state index contributed by atoms with van der Waals surface area (Å²) in [6, 6.07) is 5.11. The standard InChI is InChI=1S/C15H16N6O2S3/c22-26(23,12-3-1-2-11-13(12)19-25-18-11)21-8-6-20(7-9-21)15-17-16-14(24-15)10-4-5-10/h1-3,10H,4-9H2. The van der Waals surface area contributed by atoms with Crippen molar-refractivity contribution in [2.24, 2.45) is 8.73 Å².